The number of hydrogen-bond acceptors (Lipinski definition) is 1. The van der Waals surface area contributed by atoms with E-state index >= 15 is 0 Å². The minimum Gasteiger partial charge on any atom is -0.361 e. The Morgan fingerprint density at radius 3 is 2.29 bits per heavy atom. The van der Waals surface area contributed by atoms with Crippen LogP contribution >= 0.6 is 0 Å². The van der Waals surface area contributed by atoms with Crippen molar-refractivity contribution in [3.63, 3.8) is 0 Å². The molecule has 1 aliphatic rings. The SMILES string of the molecule is CC1CCC(C)N1c1ccccc1[NH3+]. The van der Waals surface area contributed by atoms with Crippen LogP contribution in [0.1, 0.15) is 26.7 Å². The van der Waals surface area contributed by atoms with Crippen LogP contribution in [0.3, 0.4) is 0 Å². The van der Waals surface area contributed by atoms with Gasteiger partial charge in [-0.2, -0.15) is 0 Å². The highest BCUT2D eigenvalue weighted by molar-refractivity contribution is 5.63. The van der Waals surface area contributed by atoms with Crippen LogP contribution in [0.25, 0.3) is 0 Å². The average molecular weight is 191 g/mol. The van der Waals surface area contributed by atoms with E-state index in [1.54, 1.807) is 0 Å². The zero-order chi connectivity index (χ0) is 10.1. The predicted molar refractivity (Wildman–Crippen MR) is 59.6 cm³/mol. The van der Waals surface area contributed by atoms with Gasteiger partial charge in [0.15, 0.2) is 5.69 Å². The van der Waals surface area contributed by atoms with Crippen LogP contribution in [0, 0.1) is 0 Å². The topological polar surface area (TPSA) is 30.9 Å². The molecule has 76 valence electrons. The van der Waals surface area contributed by atoms with Gasteiger partial charge in [0.05, 0.1) is 5.69 Å². The highest BCUT2D eigenvalue weighted by atomic mass is 15.2. The first-order chi connectivity index (χ1) is 6.70. The van der Waals surface area contributed by atoms with Crippen molar-refractivity contribution in [2.45, 2.75) is 38.8 Å². The van der Waals surface area contributed by atoms with Gasteiger partial charge in [-0.1, -0.05) is 12.1 Å². The lowest BCUT2D eigenvalue weighted by Crippen LogP contribution is -2.44. The summed E-state index contributed by atoms with van der Waals surface area (Å²) in [5.74, 6) is 0. The molecule has 0 radical (unpaired) electrons. The zero-order valence-electron chi connectivity index (χ0n) is 9.03. The molecular formula is C12H19N2+. The van der Waals surface area contributed by atoms with Gasteiger partial charge in [-0.3, -0.25) is 0 Å². The maximum absolute atomic E-state index is 4.09. The normalized spacial score (nSPS) is 26.9. The van der Waals surface area contributed by atoms with Crippen LogP contribution in [-0.2, 0) is 0 Å². The molecule has 1 fully saturated rings. The highest BCUT2D eigenvalue weighted by Gasteiger charge is 2.28. The minimum absolute atomic E-state index is 0.660. The summed E-state index contributed by atoms with van der Waals surface area (Å²) in [6.45, 7) is 4.60. The first-order valence-electron chi connectivity index (χ1n) is 5.39. The van der Waals surface area contributed by atoms with E-state index in [0.717, 1.165) is 5.69 Å². The van der Waals surface area contributed by atoms with Crippen molar-refractivity contribution >= 4 is 11.4 Å². The second-order valence-electron chi connectivity index (χ2n) is 4.31. The van der Waals surface area contributed by atoms with Crippen molar-refractivity contribution in [2.75, 3.05) is 4.90 Å². The van der Waals surface area contributed by atoms with E-state index in [1.165, 1.54) is 18.5 Å². The molecule has 2 heteroatoms. The first kappa shape index (κ1) is 9.53. The Morgan fingerprint density at radius 2 is 1.71 bits per heavy atom. The second kappa shape index (κ2) is 3.62. The van der Waals surface area contributed by atoms with Gasteiger partial charge < -0.3 is 10.6 Å². The summed E-state index contributed by atoms with van der Waals surface area (Å²) < 4.78 is 0. The fourth-order valence-corrected chi connectivity index (χ4v) is 2.43. The van der Waals surface area contributed by atoms with Crippen molar-refractivity contribution in [1.82, 2.24) is 0 Å². The maximum Gasteiger partial charge on any atom is 0.151 e. The quantitative estimate of drug-likeness (QED) is 0.722. The lowest BCUT2D eigenvalue weighted by atomic mass is 10.2. The molecule has 0 aromatic heterocycles. The van der Waals surface area contributed by atoms with E-state index in [0.29, 0.717) is 12.1 Å². The van der Waals surface area contributed by atoms with Crippen LogP contribution in [0.15, 0.2) is 24.3 Å². The summed E-state index contributed by atoms with van der Waals surface area (Å²) in [4.78, 5) is 2.50. The maximum atomic E-state index is 4.09. The molecule has 0 spiro atoms. The Labute approximate surface area is 85.7 Å². The van der Waals surface area contributed by atoms with Crippen LogP contribution in [0.2, 0.25) is 0 Å². The van der Waals surface area contributed by atoms with Crippen LogP contribution in [0.4, 0.5) is 11.4 Å². The number of benzene rings is 1. The summed E-state index contributed by atoms with van der Waals surface area (Å²) >= 11 is 0. The van der Waals surface area contributed by atoms with Crippen LogP contribution in [0.5, 0.6) is 0 Å². The van der Waals surface area contributed by atoms with Gasteiger partial charge in [-0.25, -0.2) is 0 Å². The molecule has 1 aromatic carbocycles. The molecule has 3 N–H and O–H groups in total. The molecule has 2 rings (SSSR count). The summed E-state index contributed by atoms with van der Waals surface area (Å²) in [5.41, 5.74) is 6.55. The number of quaternary nitrogens is 1. The highest BCUT2D eigenvalue weighted by Crippen LogP contribution is 2.32. The van der Waals surface area contributed by atoms with Crippen LogP contribution in [-0.4, -0.2) is 12.1 Å². The number of anilines is 1. The van der Waals surface area contributed by atoms with Crippen molar-refractivity contribution in [1.29, 1.82) is 0 Å². The second-order valence-corrected chi connectivity index (χ2v) is 4.31. The van der Waals surface area contributed by atoms with Gasteiger partial charge in [-0.15, -0.1) is 0 Å². The Balaban J connectivity index is 2.34. The van der Waals surface area contributed by atoms with Crippen molar-refractivity contribution in [2.24, 2.45) is 0 Å². The number of nitrogens with zero attached hydrogens (tertiary/aromatic N) is 1. The van der Waals surface area contributed by atoms with Crippen molar-refractivity contribution < 1.29 is 5.73 Å². The molecule has 0 aliphatic carbocycles. The Bertz CT molecular complexity index is 312. The lowest BCUT2D eigenvalue weighted by molar-refractivity contribution is -0.253. The summed E-state index contributed by atoms with van der Waals surface area (Å²) in [7, 11) is 0. The molecule has 1 aliphatic heterocycles. The van der Waals surface area contributed by atoms with E-state index in [4.69, 9.17) is 0 Å². The monoisotopic (exact) mass is 191 g/mol. The molecule has 1 aromatic rings. The van der Waals surface area contributed by atoms with Crippen molar-refractivity contribution in [3.05, 3.63) is 24.3 Å². The largest absolute Gasteiger partial charge is 0.361 e. The number of para-hydroxylation sites is 1. The van der Waals surface area contributed by atoms with Gasteiger partial charge >= 0.3 is 0 Å². The Kier molecular flexibility index (Phi) is 2.46. The fourth-order valence-electron chi connectivity index (χ4n) is 2.43. The smallest absolute Gasteiger partial charge is 0.151 e. The fraction of sp³-hybridized carbons (Fsp3) is 0.500. The van der Waals surface area contributed by atoms with Gasteiger partial charge in [0.1, 0.15) is 0 Å². The number of hydrogen-bond donors (Lipinski definition) is 1. The first-order valence-corrected chi connectivity index (χ1v) is 5.39. The Hall–Kier alpha value is -1.02. The molecule has 2 atom stereocenters. The summed E-state index contributed by atoms with van der Waals surface area (Å²) in [5, 5.41) is 0. The van der Waals surface area contributed by atoms with E-state index in [9.17, 15) is 0 Å². The van der Waals surface area contributed by atoms with Crippen molar-refractivity contribution in [3.8, 4) is 0 Å². The van der Waals surface area contributed by atoms with Crippen LogP contribution < -0.4 is 10.6 Å². The molecule has 0 bridgehead atoms. The molecule has 1 heterocycles. The molecule has 2 unspecified atom stereocenters. The van der Waals surface area contributed by atoms with E-state index in [-0.39, 0.29) is 0 Å². The standard InChI is InChI=1S/C12H18N2/c1-9-7-8-10(2)14(9)12-6-4-3-5-11(12)13/h3-6,9-10H,7-8,13H2,1-2H3/p+1. The van der Waals surface area contributed by atoms with E-state index in [2.05, 4.69) is 48.7 Å². The lowest BCUT2D eigenvalue weighted by Gasteiger charge is -2.28. The van der Waals surface area contributed by atoms with Gasteiger partial charge in [0.2, 0.25) is 0 Å². The summed E-state index contributed by atoms with van der Waals surface area (Å²) in [6, 6.07) is 9.74. The molecule has 0 saturated carbocycles. The molecule has 14 heavy (non-hydrogen) atoms. The molecular weight excluding hydrogens is 172 g/mol. The zero-order valence-corrected chi connectivity index (χ0v) is 9.03. The third-order valence-corrected chi connectivity index (χ3v) is 3.22. The summed E-state index contributed by atoms with van der Waals surface area (Å²) in [6.07, 6.45) is 2.60. The minimum atomic E-state index is 0.660. The van der Waals surface area contributed by atoms with Gasteiger partial charge in [-0.05, 0) is 32.8 Å². The van der Waals surface area contributed by atoms with Gasteiger partial charge in [0.25, 0.3) is 0 Å². The molecule has 1 saturated heterocycles. The average Bonchev–Trinajstić information content (AvgIpc) is 2.48. The third-order valence-electron chi connectivity index (χ3n) is 3.22. The van der Waals surface area contributed by atoms with E-state index < -0.39 is 0 Å². The third kappa shape index (κ3) is 1.50. The number of rotatable bonds is 1. The Morgan fingerprint density at radius 1 is 1.14 bits per heavy atom. The molecule has 2 nitrogen and oxygen atoms in total. The van der Waals surface area contributed by atoms with E-state index in [1.807, 2.05) is 0 Å². The molecule has 0 amide bonds. The van der Waals surface area contributed by atoms with Gasteiger partial charge in [0, 0.05) is 18.2 Å². The predicted octanol–water partition coefficient (Wildman–Crippen LogP) is 1.94.